The summed E-state index contributed by atoms with van der Waals surface area (Å²) in [6.45, 7) is 12.6. The first-order valence-corrected chi connectivity index (χ1v) is 13.5. The van der Waals surface area contributed by atoms with Crippen molar-refractivity contribution < 1.29 is 19.0 Å². The van der Waals surface area contributed by atoms with Gasteiger partial charge in [0, 0.05) is 0 Å². The van der Waals surface area contributed by atoms with E-state index in [2.05, 4.69) is 37.9 Å². The van der Waals surface area contributed by atoms with Gasteiger partial charge in [0.05, 0.1) is 42.2 Å². The standard InChI is InChI=1S/C30H34N2O5S/c1-8-36-22-15-12-20(17-23(22)35-7)26-25(28(34)37-9-2)18(3)31-29-32(26)27(33)24(38-29)16-19-10-13-21(14-11-19)30(4,5)6/h10-17,26H,8-9H2,1-7H3/b24-16-. The van der Waals surface area contributed by atoms with E-state index in [1.807, 2.05) is 31.2 Å². The summed E-state index contributed by atoms with van der Waals surface area (Å²) in [4.78, 5) is 32.1. The number of carbonyl (C=O) groups excluding carboxylic acids is 1. The van der Waals surface area contributed by atoms with E-state index in [1.54, 1.807) is 37.7 Å². The molecular weight excluding hydrogens is 500 g/mol. The molecule has 4 rings (SSSR count). The van der Waals surface area contributed by atoms with Crippen LogP contribution in [-0.2, 0) is 14.9 Å². The van der Waals surface area contributed by atoms with Gasteiger partial charge in [0.1, 0.15) is 0 Å². The van der Waals surface area contributed by atoms with Gasteiger partial charge in [-0.15, -0.1) is 0 Å². The van der Waals surface area contributed by atoms with Gasteiger partial charge in [-0.1, -0.05) is 62.4 Å². The van der Waals surface area contributed by atoms with Crippen LogP contribution < -0.4 is 24.4 Å². The lowest BCUT2D eigenvalue weighted by atomic mass is 9.87. The molecule has 200 valence electrons. The van der Waals surface area contributed by atoms with Crippen LogP contribution in [0, 0.1) is 0 Å². The average Bonchev–Trinajstić information content (AvgIpc) is 3.17. The molecule has 0 aliphatic carbocycles. The second-order valence-corrected chi connectivity index (χ2v) is 11.0. The van der Waals surface area contributed by atoms with Gasteiger partial charge < -0.3 is 14.2 Å². The minimum atomic E-state index is -0.722. The van der Waals surface area contributed by atoms with E-state index < -0.39 is 12.0 Å². The molecule has 1 aliphatic heterocycles. The van der Waals surface area contributed by atoms with Crippen LogP contribution in [0.1, 0.15) is 64.3 Å². The van der Waals surface area contributed by atoms with Crippen LogP contribution in [0.15, 0.2) is 63.5 Å². The molecule has 8 heteroatoms. The van der Waals surface area contributed by atoms with Crippen molar-refractivity contribution in [2.24, 2.45) is 4.99 Å². The van der Waals surface area contributed by atoms with Gasteiger partial charge in [-0.3, -0.25) is 9.36 Å². The lowest BCUT2D eigenvalue weighted by Gasteiger charge is -2.25. The SMILES string of the molecule is CCOC(=O)C1=C(C)N=c2s/c(=C\c3ccc(C(C)(C)C)cc3)c(=O)n2C1c1ccc(OCC)c(OC)c1. The number of esters is 1. The Morgan fingerprint density at radius 2 is 1.79 bits per heavy atom. The van der Waals surface area contributed by atoms with Gasteiger partial charge >= 0.3 is 5.97 Å². The summed E-state index contributed by atoms with van der Waals surface area (Å²) < 4.78 is 18.7. The molecule has 0 saturated carbocycles. The van der Waals surface area contributed by atoms with Gasteiger partial charge in [0.2, 0.25) is 0 Å². The first kappa shape index (κ1) is 27.4. The van der Waals surface area contributed by atoms with Gasteiger partial charge in [0.15, 0.2) is 16.3 Å². The molecule has 0 saturated heterocycles. The summed E-state index contributed by atoms with van der Waals surface area (Å²) in [6, 6.07) is 12.9. The van der Waals surface area contributed by atoms with Gasteiger partial charge in [0.25, 0.3) is 5.56 Å². The van der Waals surface area contributed by atoms with Crippen LogP contribution in [-0.4, -0.2) is 30.9 Å². The smallest absolute Gasteiger partial charge is 0.338 e. The van der Waals surface area contributed by atoms with E-state index in [1.165, 1.54) is 16.9 Å². The number of allylic oxidation sites excluding steroid dienone is 1. The molecule has 2 aromatic carbocycles. The van der Waals surface area contributed by atoms with Crippen LogP contribution in [0.25, 0.3) is 6.08 Å². The number of rotatable bonds is 7. The summed E-state index contributed by atoms with van der Waals surface area (Å²) in [6.07, 6.45) is 1.87. The normalized spacial score (nSPS) is 15.7. The van der Waals surface area contributed by atoms with E-state index in [9.17, 15) is 9.59 Å². The Morgan fingerprint density at radius 3 is 2.39 bits per heavy atom. The number of methoxy groups -OCH3 is 1. The Bertz CT molecular complexity index is 1560. The Balaban J connectivity index is 1.90. The van der Waals surface area contributed by atoms with Crippen molar-refractivity contribution in [2.75, 3.05) is 20.3 Å². The molecule has 1 aromatic heterocycles. The summed E-state index contributed by atoms with van der Waals surface area (Å²) >= 11 is 1.30. The zero-order valence-corrected chi connectivity index (χ0v) is 23.8. The quantitative estimate of drug-likeness (QED) is 0.417. The van der Waals surface area contributed by atoms with Crippen LogP contribution in [0.2, 0.25) is 0 Å². The molecule has 38 heavy (non-hydrogen) atoms. The highest BCUT2D eigenvalue weighted by molar-refractivity contribution is 7.07. The number of benzene rings is 2. The molecule has 0 fully saturated rings. The number of ether oxygens (including phenoxy) is 3. The lowest BCUT2D eigenvalue weighted by Crippen LogP contribution is -2.40. The number of hydrogen-bond donors (Lipinski definition) is 0. The van der Waals surface area contributed by atoms with Gasteiger partial charge in [-0.05, 0) is 61.1 Å². The Labute approximate surface area is 226 Å². The van der Waals surface area contributed by atoms with Crippen molar-refractivity contribution in [3.63, 3.8) is 0 Å². The average molecular weight is 535 g/mol. The van der Waals surface area contributed by atoms with Crippen LogP contribution >= 0.6 is 11.3 Å². The van der Waals surface area contributed by atoms with E-state index in [-0.39, 0.29) is 17.6 Å². The fourth-order valence-corrected chi connectivity index (χ4v) is 5.51. The molecule has 1 atom stereocenters. The zero-order valence-electron chi connectivity index (χ0n) is 23.0. The molecule has 0 N–H and O–H groups in total. The first-order chi connectivity index (χ1) is 18.1. The number of carbonyl (C=O) groups is 1. The highest BCUT2D eigenvalue weighted by Crippen LogP contribution is 2.36. The van der Waals surface area contributed by atoms with Crippen LogP contribution in [0.5, 0.6) is 11.5 Å². The maximum absolute atomic E-state index is 13.8. The van der Waals surface area contributed by atoms with E-state index in [4.69, 9.17) is 14.2 Å². The summed E-state index contributed by atoms with van der Waals surface area (Å²) in [5, 5.41) is 0. The van der Waals surface area contributed by atoms with Crippen molar-refractivity contribution in [1.82, 2.24) is 4.57 Å². The maximum Gasteiger partial charge on any atom is 0.338 e. The Morgan fingerprint density at radius 1 is 1.08 bits per heavy atom. The number of fused-ring (bicyclic) bond motifs is 1. The van der Waals surface area contributed by atoms with Crippen LogP contribution in [0.3, 0.4) is 0 Å². The molecule has 0 radical (unpaired) electrons. The third-order valence-electron chi connectivity index (χ3n) is 6.39. The minimum absolute atomic E-state index is 0.0394. The molecule has 2 heterocycles. The predicted molar refractivity (Wildman–Crippen MR) is 150 cm³/mol. The maximum atomic E-state index is 13.8. The Kier molecular flexibility index (Phi) is 7.92. The minimum Gasteiger partial charge on any atom is -0.493 e. The third-order valence-corrected chi connectivity index (χ3v) is 7.38. The number of nitrogens with zero attached hydrogens (tertiary/aromatic N) is 2. The second kappa shape index (κ2) is 11.0. The molecule has 1 aliphatic rings. The number of thiazole rings is 1. The molecule has 0 bridgehead atoms. The molecule has 7 nitrogen and oxygen atoms in total. The summed E-state index contributed by atoms with van der Waals surface area (Å²) in [5.41, 5.74) is 3.50. The molecule has 0 spiro atoms. The van der Waals surface area contributed by atoms with Gasteiger partial charge in [-0.2, -0.15) is 0 Å². The largest absolute Gasteiger partial charge is 0.493 e. The van der Waals surface area contributed by atoms with Crippen molar-refractivity contribution in [1.29, 1.82) is 0 Å². The van der Waals surface area contributed by atoms with Crippen molar-refractivity contribution in [3.05, 3.63) is 90.1 Å². The molecule has 1 unspecified atom stereocenters. The highest BCUT2D eigenvalue weighted by atomic mass is 32.1. The fourth-order valence-electron chi connectivity index (χ4n) is 4.47. The fraction of sp³-hybridized carbons (Fsp3) is 0.367. The van der Waals surface area contributed by atoms with E-state index >= 15 is 0 Å². The summed E-state index contributed by atoms with van der Waals surface area (Å²) in [5.74, 6) is 0.602. The van der Waals surface area contributed by atoms with Crippen LogP contribution in [0.4, 0.5) is 0 Å². The zero-order chi connectivity index (χ0) is 27.6. The van der Waals surface area contributed by atoms with Crippen molar-refractivity contribution in [3.8, 4) is 11.5 Å². The molecular formula is C30H34N2O5S. The number of aromatic nitrogens is 1. The van der Waals surface area contributed by atoms with E-state index in [0.29, 0.717) is 44.3 Å². The predicted octanol–water partition coefficient (Wildman–Crippen LogP) is 4.50. The Hall–Kier alpha value is -3.65. The van der Waals surface area contributed by atoms with Crippen molar-refractivity contribution in [2.45, 2.75) is 53.0 Å². The monoisotopic (exact) mass is 534 g/mol. The van der Waals surface area contributed by atoms with Crippen molar-refractivity contribution >= 4 is 23.4 Å². The third kappa shape index (κ3) is 5.31. The molecule has 3 aromatic rings. The highest BCUT2D eigenvalue weighted by Gasteiger charge is 2.34. The second-order valence-electron chi connectivity index (χ2n) is 10.0. The molecule has 0 amide bonds. The summed E-state index contributed by atoms with van der Waals surface area (Å²) in [7, 11) is 1.56. The van der Waals surface area contributed by atoms with Gasteiger partial charge in [-0.25, -0.2) is 9.79 Å². The first-order valence-electron chi connectivity index (χ1n) is 12.7. The van der Waals surface area contributed by atoms with E-state index in [0.717, 1.165) is 5.56 Å². The topological polar surface area (TPSA) is 79.1 Å². The number of hydrogen-bond acceptors (Lipinski definition) is 7. The lowest BCUT2D eigenvalue weighted by molar-refractivity contribution is -0.139.